The van der Waals surface area contributed by atoms with Gasteiger partial charge in [-0.1, -0.05) is 42.0 Å². The molecule has 0 atom stereocenters. The van der Waals surface area contributed by atoms with Crippen molar-refractivity contribution < 1.29 is 0 Å². The van der Waals surface area contributed by atoms with Gasteiger partial charge in [0.2, 0.25) is 0 Å². The quantitative estimate of drug-likeness (QED) is 0.505. The number of rotatable bonds is 4. The van der Waals surface area contributed by atoms with E-state index in [0.717, 1.165) is 12.8 Å². The number of allylic oxidation sites excluding steroid dienone is 2. The zero-order valence-corrected chi connectivity index (χ0v) is 8.72. The van der Waals surface area contributed by atoms with E-state index in [1.54, 1.807) is 0 Å². The molecule has 1 aromatic rings. The maximum Gasteiger partial charge on any atom is 0.0258 e. The van der Waals surface area contributed by atoms with E-state index in [-0.39, 0.29) is 0 Å². The van der Waals surface area contributed by atoms with Crippen molar-refractivity contribution in [2.75, 3.05) is 5.88 Å². The van der Waals surface area contributed by atoms with Crippen molar-refractivity contribution in [3.05, 3.63) is 47.5 Å². The molecule has 0 fully saturated rings. The molecule has 0 aromatic heterocycles. The normalized spacial score (nSPS) is 11.7. The third-order valence-electron chi connectivity index (χ3n) is 1.93. The molecule has 0 amide bonds. The Labute approximate surface area is 85.2 Å². The summed E-state index contributed by atoms with van der Waals surface area (Å²) in [6.07, 6.45) is 4.22. The summed E-state index contributed by atoms with van der Waals surface area (Å²) in [5.74, 6) is 0.714. The number of hydrogen-bond donors (Lipinski definition) is 0. The lowest BCUT2D eigenvalue weighted by Crippen LogP contribution is -1.86. The second kappa shape index (κ2) is 5.82. The maximum absolute atomic E-state index is 5.60. The van der Waals surface area contributed by atoms with Crippen LogP contribution in [-0.4, -0.2) is 5.88 Å². The third kappa shape index (κ3) is 4.14. The Hall–Kier alpha value is -0.750. The molecule has 1 aromatic carbocycles. The van der Waals surface area contributed by atoms with Crippen LogP contribution in [0.2, 0.25) is 0 Å². The molecular formula is C12H15Cl. The fourth-order valence-corrected chi connectivity index (χ4v) is 1.40. The van der Waals surface area contributed by atoms with Gasteiger partial charge >= 0.3 is 0 Å². The number of alkyl halides is 1. The number of halogens is 1. The van der Waals surface area contributed by atoms with E-state index in [1.807, 2.05) is 6.07 Å². The Morgan fingerprint density at radius 1 is 1.31 bits per heavy atom. The summed E-state index contributed by atoms with van der Waals surface area (Å²) in [6, 6.07) is 10.5. The first-order valence-corrected chi connectivity index (χ1v) is 5.12. The summed E-state index contributed by atoms with van der Waals surface area (Å²) in [6.45, 7) is 2.15. The highest BCUT2D eigenvalue weighted by Gasteiger charge is 1.92. The van der Waals surface area contributed by atoms with Crippen LogP contribution in [-0.2, 0) is 6.42 Å². The third-order valence-corrected chi connectivity index (χ3v) is 2.15. The van der Waals surface area contributed by atoms with Gasteiger partial charge in [0.15, 0.2) is 0 Å². The summed E-state index contributed by atoms with van der Waals surface area (Å²) < 4.78 is 0. The summed E-state index contributed by atoms with van der Waals surface area (Å²) in [5.41, 5.74) is 2.76. The summed E-state index contributed by atoms with van der Waals surface area (Å²) in [7, 11) is 0. The van der Waals surface area contributed by atoms with Crippen molar-refractivity contribution in [1.82, 2.24) is 0 Å². The lowest BCUT2D eigenvalue weighted by molar-refractivity contribution is 1.09. The van der Waals surface area contributed by atoms with Crippen LogP contribution >= 0.6 is 11.6 Å². The van der Waals surface area contributed by atoms with E-state index in [4.69, 9.17) is 11.6 Å². The Balaban J connectivity index is 2.50. The molecule has 0 unspecified atom stereocenters. The Kier molecular flexibility index (Phi) is 4.63. The molecule has 0 heterocycles. The van der Waals surface area contributed by atoms with E-state index in [2.05, 4.69) is 37.3 Å². The van der Waals surface area contributed by atoms with Crippen molar-refractivity contribution >= 4 is 11.6 Å². The van der Waals surface area contributed by atoms with Gasteiger partial charge in [-0.05, 0) is 25.3 Å². The molecular weight excluding hydrogens is 180 g/mol. The molecule has 0 aliphatic heterocycles. The lowest BCUT2D eigenvalue weighted by Gasteiger charge is -2.00. The van der Waals surface area contributed by atoms with Crippen molar-refractivity contribution in [3.63, 3.8) is 0 Å². The molecule has 1 heteroatoms. The van der Waals surface area contributed by atoms with E-state index in [1.165, 1.54) is 11.1 Å². The largest absolute Gasteiger partial charge is 0.126 e. The molecule has 0 aliphatic rings. The number of hydrogen-bond acceptors (Lipinski definition) is 0. The van der Waals surface area contributed by atoms with Gasteiger partial charge < -0.3 is 0 Å². The monoisotopic (exact) mass is 194 g/mol. The van der Waals surface area contributed by atoms with Crippen LogP contribution in [0.4, 0.5) is 0 Å². The molecule has 13 heavy (non-hydrogen) atoms. The first-order valence-electron chi connectivity index (χ1n) is 4.58. The minimum atomic E-state index is 0.714. The van der Waals surface area contributed by atoms with Crippen LogP contribution in [0.3, 0.4) is 0 Å². The fraction of sp³-hybridized carbons (Fsp3) is 0.333. The van der Waals surface area contributed by atoms with Gasteiger partial charge in [-0.15, -0.1) is 11.6 Å². The highest BCUT2D eigenvalue weighted by atomic mass is 35.5. The lowest BCUT2D eigenvalue weighted by atomic mass is 10.1. The molecule has 0 spiro atoms. The molecule has 70 valence electrons. The average Bonchev–Trinajstić information content (AvgIpc) is 2.16. The van der Waals surface area contributed by atoms with Crippen molar-refractivity contribution in [3.8, 4) is 0 Å². The van der Waals surface area contributed by atoms with Gasteiger partial charge in [-0.2, -0.15) is 0 Å². The zero-order chi connectivity index (χ0) is 9.52. The van der Waals surface area contributed by atoms with Crippen molar-refractivity contribution in [2.45, 2.75) is 19.8 Å². The Bertz CT molecular complexity index is 262. The molecule has 0 saturated heterocycles. The SMILES string of the molecule is C/C(=C/CCCl)Cc1ccccc1. The predicted molar refractivity (Wildman–Crippen MR) is 59.2 cm³/mol. The van der Waals surface area contributed by atoms with Gasteiger partial charge in [0.25, 0.3) is 0 Å². The summed E-state index contributed by atoms with van der Waals surface area (Å²) in [4.78, 5) is 0. The highest BCUT2D eigenvalue weighted by molar-refractivity contribution is 6.17. The van der Waals surface area contributed by atoms with Crippen LogP contribution in [0.15, 0.2) is 42.0 Å². The van der Waals surface area contributed by atoms with Crippen molar-refractivity contribution in [2.24, 2.45) is 0 Å². The fourth-order valence-electron chi connectivity index (χ4n) is 1.29. The van der Waals surface area contributed by atoms with E-state index >= 15 is 0 Å². The van der Waals surface area contributed by atoms with E-state index < -0.39 is 0 Å². The van der Waals surface area contributed by atoms with E-state index in [0.29, 0.717) is 5.88 Å². The predicted octanol–water partition coefficient (Wildman–Crippen LogP) is 3.80. The standard InChI is InChI=1S/C12H15Cl/c1-11(6-5-9-13)10-12-7-3-2-4-8-12/h2-4,6-8H,5,9-10H2,1H3/b11-6-. The average molecular weight is 195 g/mol. The summed E-state index contributed by atoms with van der Waals surface area (Å²) >= 11 is 5.60. The van der Waals surface area contributed by atoms with Crippen LogP contribution in [0.5, 0.6) is 0 Å². The molecule has 0 bridgehead atoms. The Morgan fingerprint density at radius 3 is 2.62 bits per heavy atom. The maximum atomic E-state index is 5.60. The van der Waals surface area contributed by atoms with Crippen LogP contribution in [0.1, 0.15) is 18.9 Å². The van der Waals surface area contributed by atoms with Gasteiger partial charge in [0.1, 0.15) is 0 Å². The zero-order valence-electron chi connectivity index (χ0n) is 7.96. The van der Waals surface area contributed by atoms with Gasteiger partial charge in [0.05, 0.1) is 0 Å². The molecule has 0 aliphatic carbocycles. The smallest absolute Gasteiger partial charge is 0.0258 e. The van der Waals surface area contributed by atoms with Crippen LogP contribution in [0, 0.1) is 0 Å². The van der Waals surface area contributed by atoms with Gasteiger partial charge in [-0.25, -0.2) is 0 Å². The highest BCUT2D eigenvalue weighted by Crippen LogP contribution is 2.07. The number of benzene rings is 1. The Morgan fingerprint density at radius 2 is 2.00 bits per heavy atom. The molecule has 0 radical (unpaired) electrons. The minimum Gasteiger partial charge on any atom is -0.126 e. The molecule has 0 N–H and O–H groups in total. The van der Waals surface area contributed by atoms with E-state index in [9.17, 15) is 0 Å². The molecule has 0 nitrogen and oxygen atoms in total. The first-order chi connectivity index (χ1) is 6.33. The first kappa shape index (κ1) is 10.3. The van der Waals surface area contributed by atoms with Crippen LogP contribution < -0.4 is 0 Å². The van der Waals surface area contributed by atoms with Gasteiger partial charge in [-0.3, -0.25) is 0 Å². The molecule has 1 rings (SSSR count). The van der Waals surface area contributed by atoms with Crippen molar-refractivity contribution in [1.29, 1.82) is 0 Å². The second-order valence-corrected chi connectivity index (χ2v) is 3.57. The minimum absolute atomic E-state index is 0.714. The second-order valence-electron chi connectivity index (χ2n) is 3.19. The topological polar surface area (TPSA) is 0 Å². The molecule has 0 saturated carbocycles. The van der Waals surface area contributed by atoms with Gasteiger partial charge in [0, 0.05) is 5.88 Å². The van der Waals surface area contributed by atoms with Crippen LogP contribution in [0.25, 0.3) is 0 Å². The summed E-state index contributed by atoms with van der Waals surface area (Å²) in [5, 5.41) is 0.